The van der Waals surface area contributed by atoms with Crippen molar-refractivity contribution in [1.82, 2.24) is 9.13 Å². The van der Waals surface area contributed by atoms with E-state index in [9.17, 15) is 17.6 Å². The lowest BCUT2D eigenvalue weighted by atomic mass is 9.81. The van der Waals surface area contributed by atoms with Gasteiger partial charge in [0.25, 0.3) is 0 Å². The lowest BCUT2D eigenvalue weighted by Crippen LogP contribution is -2.10. The van der Waals surface area contributed by atoms with Gasteiger partial charge in [0, 0.05) is 32.9 Å². The predicted octanol–water partition coefficient (Wildman–Crippen LogP) is 16.0. The second-order valence-electron chi connectivity index (χ2n) is 17.5. The Morgan fingerprint density at radius 2 is 0.694 bits per heavy atom. The summed E-state index contributed by atoms with van der Waals surface area (Å²) in [6, 6.07) is 51.4. The largest absolute Gasteiger partial charge is 0.309 e. The van der Waals surface area contributed by atoms with Crippen molar-refractivity contribution in [2.45, 2.75) is 26.2 Å². The summed E-state index contributed by atoms with van der Waals surface area (Å²) in [6.45, 7) is 6.74. The minimum absolute atomic E-state index is 0.0261. The van der Waals surface area contributed by atoms with E-state index >= 15 is 0 Å². The molecule has 2 nitrogen and oxygen atoms in total. The second-order valence-corrected chi connectivity index (χ2v) is 17.5. The van der Waals surface area contributed by atoms with Crippen LogP contribution in [0.2, 0.25) is 0 Å². The van der Waals surface area contributed by atoms with Crippen LogP contribution in [0, 0.1) is 23.3 Å². The fourth-order valence-electron chi connectivity index (χ4n) is 9.90. The molecule has 0 bridgehead atoms. The zero-order valence-corrected chi connectivity index (χ0v) is 34.0. The second kappa shape index (κ2) is 13.0. The smallest absolute Gasteiger partial charge is 0.123 e. The third-order valence-corrected chi connectivity index (χ3v) is 12.8. The molecule has 0 spiro atoms. The van der Waals surface area contributed by atoms with Crippen molar-refractivity contribution in [3.63, 3.8) is 0 Å². The Hall–Kier alpha value is -7.44. The molecule has 0 N–H and O–H groups in total. The van der Waals surface area contributed by atoms with E-state index in [0.717, 1.165) is 66.5 Å². The van der Waals surface area contributed by atoms with E-state index in [4.69, 9.17) is 0 Å². The molecule has 6 heteroatoms. The highest BCUT2D eigenvalue weighted by molar-refractivity contribution is 6.28. The van der Waals surface area contributed by atoms with Crippen LogP contribution in [0.1, 0.15) is 26.3 Å². The molecule has 12 rings (SSSR count). The number of aromatic nitrogens is 2. The molecule has 10 aromatic carbocycles. The normalized spacial score (nSPS) is 12.4. The lowest BCUT2D eigenvalue weighted by Gasteiger charge is -2.23. The number of fused-ring (bicyclic) bond motifs is 6. The third-order valence-electron chi connectivity index (χ3n) is 12.8. The van der Waals surface area contributed by atoms with Crippen molar-refractivity contribution in [2.75, 3.05) is 0 Å². The summed E-state index contributed by atoms with van der Waals surface area (Å²) in [5.74, 6) is -1.48. The molecule has 0 atom stereocenters. The molecule has 62 heavy (non-hydrogen) atoms. The highest BCUT2D eigenvalue weighted by Crippen LogP contribution is 2.46. The van der Waals surface area contributed by atoms with Crippen LogP contribution in [0.4, 0.5) is 17.6 Å². The van der Waals surface area contributed by atoms with Gasteiger partial charge in [-0.2, -0.15) is 0 Å². The summed E-state index contributed by atoms with van der Waals surface area (Å²) in [6.07, 6.45) is 0. The molecule has 0 unspecified atom stereocenters. The quantitative estimate of drug-likeness (QED) is 0.124. The van der Waals surface area contributed by atoms with Gasteiger partial charge in [0.1, 0.15) is 23.3 Å². The summed E-state index contributed by atoms with van der Waals surface area (Å²) >= 11 is 0. The van der Waals surface area contributed by atoms with Gasteiger partial charge in [0.05, 0.1) is 22.1 Å². The maximum Gasteiger partial charge on any atom is 0.123 e. The van der Waals surface area contributed by atoms with Crippen molar-refractivity contribution in [3.05, 3.63) is 193 Å². The van der Waals surface area contributed by atoms with Crippen LogP contribution in [-0.4, -0.2) is 9.13 Å². The molecule has 0 saturated heterocycles. The molecule has 2 heterocycles. The highest BCUT2D eigenvalue weighted by Gasteiger charge is 2.22. The predicted molar refractivity (Wildman–Crippen MR) is 248 cm³/mol. The average molecular weight is 813 g/mol. The maximum absolute atomic E-state index is 14.5. The molecule has 0 saturated carbocycles. The minimum atomic E-state index is -0.370. The summed E-state index contributed by atoms with van der Waals surface area (Å²) in [4.78, 5) is 0. The van der Waals surface area contributed by atoms with Crippen LogP contribution in [0.5, 0.6) is 0 Å². The zero-order valence-electron chi connectivity index (χ0n) is 34.0. The Balaban J connectivity index is 1.06. The molecule has 12 aromatic rings. The van der Waals surface area contributed by atoms with E-state index < -0.39 is 0 Å². The van der Waals surface area contributed by atoms with E-state index in [1.165, 1.54) is 75.6 Å². The van der Waals surface area contributed by atoms with Crippen LogP contribution in [-0.2, 0) is 5.41 Å². The first-order chi connectivity index (χ1) is 30.0. The van der Waals surface area contributed by atoms with Crippen LogP contribution < -0.4 is 0 Å². The Kier molecular flexibility index (Phi) is 7.65. The maximum atomic E-state index is 14.5. The Morgan fingerprint density at radius 3 is 1.03 bits per heavy atom. The van der Waals surface area contributed by atoms with Crippen molar-refractivity contribution >= 4 is 75.9 Å². The van der Waals surface area contributed by atoms with Gasteiger partial charge >= 0.3 is 0 Å². The lowest BCUT2D eigenvalue weighted by molar-refractivity contribution is 0.591. The summed E-state index contributed by atoms with van der Waals surface area (Å²) < 4.78 is 62.2. The van der Waals surface area contributed by atoms with Gasteiger partial charge in [-0.3, -0.25) is 0 Å². The third kappa shape index (κ3) is 5.42. The van der Waals surface area contributed by atoms with Gasteiger partial charge in [-0.1, -0.05) is 81.4 Å². The number of halogens is 4. The molecule has 0 fully saturated rings. The van der Waals surface area contributed by atoms with E-state index in [-0.39, 0.29) is 28.7 Å². The fourth-order valence-corrected chi connectivity index (χ4v) is 9.90. The number of nitrogens with zero attached hydrogens (tertiary/aromatic N) is 2. The topological polar surface area (TPSA) is 9.86 Å². The number of benzene rings is 10. The summed E-state index contributed by atoms with van der Waals surface area (Å²) in [7, 11) is 0. The van der Waals surface area contributed by atoms with Gasteiger partial charge in [-0.25, -0.2) is 17.6 Å². The Morgan fingerprint density at radius 1 is 0.339 bits per heavy atom. The zero-order chi connectivity index (χ0) is 42.2. The van der Waals surface area contributed by atoms with Crippen molar-refractivity contribution in [2.24, 2.45) is 0 Å². The Labute approximate surface area is 353 Å². The van der Waals surface area contributed by atoms with Gasteiger partial charge in [0.2, 0.25) is 0 Å². The number of hydrogen-bond acceptors (Lipinski definition) is 0. The van der Waals surface area contributed by atoms with Crippen molar-refractivity contribution in [1.29, 1.82) is 0 Å². The van der Waals surface area contributed by atoms with Crippen molar-refractivity contribution < 1.29 is 17.6 Å². The first-order valence-electron chi connectivity index (χ1n) is 20.7. The van der Waals surface area contributed by atoms with Crippen LogP contribution in [0.3, 0.4) is 0 Å². The van der Waals surface area contributed by atoms with Crippen molar-refractivity contribution in [3.8, 4) is 33.6 Å². The Bertz CT molecular complexity index is 3460. The van der Waals surface area contributed by atoms with Gasteiger partial charge < -0.3 is 9.13 Å². The van der Waals surface area contributed by atoms with E-state index in [0.29, 0.717) is 21.5 Å². The number of rotatable bonds is 4. The molecule has 0 aliphatic rings. The van der Waals surface area contributed by atoms with Crippen LogP contribution >= 0.6 is 0 Å². The fraction of sp³-hybridized carbons (Fsp3) is 0.0714. The first-order valence-corrected chi connectivity index (χ1v) is 20.7. The monoisotopic (exact) mass is 812 g/mol. The first kappa shape index (κ1) is 36.4. The van der Waals surface area contributed by atoms with E-state index in [1.807, 2.05) is 0 Å². The van der Waals surface area contributed by atoms with Crippen LogP contribution in [0.25, 0.3) is 110 Å². The van der Waals surface area contributed by atoms with E-state index in [1.54, 1.807) is 24.3 Å². The summed E-state index contributed by atoms with van der Waals surface area (Å²) in [5, 5.41) is 9.70. The molecule has 0 aliphatic carbocycles. The summed E-state index contributed by atoms with van der Waals surface area (Å²) in [5.41, 5.74) is 10.4. The van der Waals surface area contributed by atoms with Gasteiger partial charge in [-0.05, 0) is 169 Å². The molecule has 0 aliphatic heterocycles. The molecular weight excluding hydrogens is 777 g/mol. The molecule has 298 valence electrons. The van der Waals surface area contributed by atoms with Gasteiger partial charge in [0.15, 0.2) is 0 Å². The molecule has 0 amide bonds. The minimum Gasteiger partial charge on any atom is -0.309 e. The molecular formula is C56H36F4N2. The SMILES string of the molecule is CC(C)(C)c1cc2ccc3c(-c4ccc(-n5c6ccc(F)cc6c6cc(F)ccc65)cc4)cc(-c4ccc(-n5c6ccc(F)cc6c6cc(F)ccc65)cc4)c4ccc(c1)c2c34. The van der Waals surface area contributed by atoms with Gasteiger partial charge in [-0.15, -0.1) is 0 Å². The molecule has 0 radical (unpaired) electrons. The highest BCUT2D eigenvalue weighted by atomic mass is 19.1. The van der Waals surface area contributed by atoms with Crippen LogP contribution in [0.15, 0.2) is 164 Å². The average Bonchev–Trinajstić information content (AvgIpc) is 3.75. The van der Waals surface area contributed by atoms with E-state index in [2.05, 4.69) is 121 Å². The standard InChI is InChI=1S/C56H36F4N2/c1-56(2,3)35-24-33-8-18-42-44(31-4-14-40(15-5-31)61-50-20-10-36(57)26-46(50)47-27-37(58)11-21-51(47)61)30-45(43-19-9-34(25-35)54(33)55(42)43)32-6-16-41(17-7-32)62-52-22-12-38(59)28-48(52)49-29-39(60)13-23-53(49)62/h4-30H,1-3H3. The number of hydrogen-bond donors (Lipinski definition) is 0. The molecule has 2 aromatic heterocycles.